The molecule has 4 heterocycles. The van der Waals surface area contributed by atoms with E-state index in [0.717, 1.165) is 43.6 Å². The van der Waals surface area contributed by atoms with E-state index in [-0.39, 0.29) is 5.41 Å². The van der Waals surface area contributed by atoms with Crippen LogP contribution in [0.4, 0.5) is 5.95 Å². The highest BCUT2D eigenvalue weighted by Crippen LogP contribution is 2.40. The number of hydrogen-bond donors (Lipinski definition) is 1. The summed E-state index contributed by atoms with van der Waals surface area (Å²) >= 11 is 0. The lowest BCUT2D eigenvalue weighted by molar-refractivity contribution is -0.0380. The van der Waals surface area contributed by atoms with Crippen LogP contribution in [0.1, 0.15) is 35.2 Å². The second kappa shape index (κ2) is 8.67. The first kappa shape index (κ1) is 21.6. The van der Waals surface area contributed by atoms with Gasteiger partial charge in [-0.15, -0.1) is 0 Å². The summed E-state index contributed by atoms with van der Waals surface area (Å²) in [5.74, 6) is 1.67. The monoisotopic (exact) mass is 456 g/mol. The molecule has 3 aromatic rings. The van der Waals surface area contributed by atoms with Crippen molar-refractivity contribution in [3.63, 3.8) is 0 Å². The van der Waals surface area contributed by atoms with Crippen LogP contribution in [0.15, 0.2) is 60.8 Å². The Hall–Kier alpha value is -2.96. The Morgan fingerprint density at radius 3 is 2.44 bits per heavy atom. The standard InChI is InChI=1S/C28H32N4O2/c1-21-2-4-22(5-3-21)28(19-33-20-28)23-6-8-25(9-7-23)34-16-24-10-13-30-26(31-24)32-15-12-27(18-32)11-14-29-17-27/h2-10,13,29H,11-12,14-20H2,1H3. The van der Waals surface area contributed by atoms with E-state index in [1.165, 1.54) is 29.5 Å². The fourth-order valence-corrected chi connectivity index (χ4v) is 5.57. The highest BCUT2D eigenvalue weighted by molar-refractivity contribution is 5.44. The largest absolute Gasteiger partial charge is 0.487 e. The zero-order valence-corrected chi connectivity index (χ0v) is 19.8. The van der Waals surface area contributed by atoms with Gasteiger partial charge in [0.2, 0.25) is 5.95 Å². The van der Waals surface area contributed by atoms with Crippen molar-refractivity contribution in [3.05, 3.63) is 83.2 Å². The Morgan fingerprint density at radius 2 is 1.76 bits per heavy atom. The zero-order chi connectivity index (χ0) is 23.0. The molecule has 3 aliphatic rings. The second-order valence-corrected chi connectivity index (χ2v) is 10.2. The Bertz CT molecular complexity index is 1140. The summed E-state index contributed by atoms with van der Waals surface area (Å²) in [4.78, 5) is 11.7. The van der Waals surface area contributed by atoms with Crippen molar-refractivity contribution in [3.8, 4) is 5.75 Å². The van der Waals surface area contributed by atoms with E-state index in [1.807, 2.05) is 12.3 Å². The number of benzene rings is 2. The van der Waals surface area contributed by atoms with Gasteiger partial charge in [-0.3, -0.25) is 0 Å². The number of hydrogen-bond acceptors (Lipinski definition) is 6. The van der Waals surface area contributed by atoms with Gasteiger partial charge < -0.3 is 19.7 Å². The van der Waals surface area contributed by atoms with Crippen molar-refractivity contribution in [2.24, 2.45) is 5.41 Å². The van der Waals surface area contributed by atoms with Crippen LogP contribution in [0.2, 0.25) is 0 Å². The molecule has 2 aromatic carbocycles. The number of aromatic nitrogens is 2. The minimum atomic E-state index is -0.0598. The van der Waals surface area contributed by atoms with Crippen molar-refractivity contribution >= 4 is 5.95 Å². The van der Waals surface area contributed by atoms with Crippen molar-refractivity contribution in [1.82, 2.24) is 15.3 Å². The molecule has 3 aliphatic heterocycles. The van der Waals surface area contributed by atoms with Crippen LogP contribution in [0.3, 0.4) is 0 Å². The van der Waals surface area contributed by atoms with Gasteiger partial charge in [0.1, 0.15) is 12.4 Å². The van der Waals surface area contributed by atoms with Crippen LogP contribution in [-0.2, 0) is 16.8 Å². The molecule has 0 amide bonds. The lowest BCUT2D eigenvalue weighted by Crippen LogP contribution is -2.47. The molecule has 3 fully saturated rings. The first-order valence-electron chi connectivity index (χ1n) is 12.3. The van der Waals surface area contributed by atoms with Gasteiger partial charge in [0, 0.05) is 31.2 Å². The maximum absolute atomic E-state index is 6.09. The van der Waals surface area contributed by atoms with E-state index in [9.17, 15) is 0 Å². The van der Waals surface area contributed by atoms with Gasteiger partial charge in [-0.25, -0.2) is 9.97 Å². The van der Waals surface area contributed by atoms with Crippen molar-refractivity contribution in [2.75, 3.05) is 44.3 Å². The first-order valence-corrected chi connectivity index (χ1v) is 12.3. The van der Waals surface area contributed by atoms with Crippen molar-refractivity contribution < 1.29 is 9.47 Å². The van der Waals surface area contributed by atoms with E-state index in [2.05, 4.69) is 70.7 Å². The number of rotatable bonds is 6. The molecule has 6 rings (SSSR count). The van der Waals surface area contributed by atoms with E-state index in [1.54, 1.807) is 0 Å². The van der Waals surface area contributed by atoms with Gasteiger partial charge >= 0.3 is 0 Å². The summed E-state index contributed by atoms with van der Waals surface area (Å²) in [6, 6.07) is 19.2. The molecule has 0 aliphatic carbocycles. The minimum absolute atomic E-state index is 0.0598. The van der Waals surface area contributed by atoms with Gasteiger partial charge in [-0.2, -0.15) is 0 Å². The summed E-state index contributed by atoms with van der Waals surface area (Å²) in [6.07, 6.45) is 4.31. The van der Waals surface area contributed by atoms with Crippen molar-refractivity contribution in [2.45, 2.75) is 31.8 Å². The average Bonchev–Trinajstić information content (AvgIpc) is 3.49. The topological polar surface area (TPSA) is 59.5 Å². The SMILES string of the molecule is Cc1ccc(C2(c3ccc(OCc4ccnc(N5CCC6(CCNC6)C5)n4)cc3)COC2)cc1. The average molecular weight is 457 g/mol. The maximum Gasteiger partial charge on any atom is 0.225 e. The maximum atomic E-state index is 6.09. The molecule has 176 valence electrons. The Balaban J connectivity index is 1.11. The van der Waals surface area contributed by atoms with Crippen LogP contribution in [0.25, 0.3) is 0 Å². The van der Waals surface area contributed by atoms with Gasteiger partial charge in [-0.1, -0.05) is 42.0 Å². The summed E-state index contributed by atoms with van der Waals surface area (Å²) in [5.41, 5.74) is 5.10. The summed E-state index contributed by atoms with van der Waals surface area (Å²) in [6.45, 7) is 8.29. The van der Waals surface area contributed by atoms with Crippen LogP contribution < -0.4 is 15.0 Å². The van der Waals surface area contributed by atoms with Gasteiger partial charge in [0.05, 0.1) is 24.3 Å². The summed E-state index contributed by atoms with van der Waals surface area (Å²) in [5, 5.41) is 3.51. The number of nitrogens with one attached hydrogen (secondary N) is 1. The molecular weight excluding hydrogens is 424 g/mol. The second-order valence-electron chi connectivity index (χ2n) is 10.2. The van der Waals surface area contributed by atoms with Crippen molar-refractivity contribution in [1.29, 1.82) is 0 Å². The van der Waals surface area contributed by atoms with Crippen LogP contribution in [0, 0.1) is 12.3 Å². The third kappa shape index (κ3) is 3.95. The molecule has 6 heteroatoms. The van der Waals surface area contributed by atoms with Crippen LogP contribution in [-0.4, -0.2) is 49.4 Å². The zero-order valence-electron chi connectivity index (χ0n) is 19.8. The Labute approximate surface area is 201 Å². The van der Waals surface area contributed by atoms with E-state index in [0.29, 0.717) is 25.2 Å². The predicted molar refractivity (Wildman–Crippen MR) is 132 cm³/mol. The Morgan fingerprint density at radius 1 is 1.00 bits per heavy atom. The molecule has 0 bridgehead atoms. The van der Waals surface area contributed by atoms with E-state index in [4.69, 9.17) is 14.5 Å². The smallest absolute Gasteiger partial charge is 0.225 e. The first-order chi connectivity index (χ1) is 16.6. The number of ether oxygens (including phenoxy) is 2. The molecule has 3 saturated heterocycles. The third-order valence-corrected chi connectivity index (χ3v) is 7.85. The third-order valence-electron chi connectivity index (χ3n) is 7.85. The van der Waals surface area contributed by atoms with Gasteiger partial charge in [0.25, 0.3) is 0 Å². The molecule has 34 heavy (non-hydrogen) atoms. The van der Waals surface area contributed by atoms with E-state index >= 15 is 0 Å². The highest BCUT2D eigenvalue weighted by Gasteiger charge is 2.42. The number of nitrogens with zero attached hydrogens (tertiary/aromatic N) is 3. The lowest BCUT2D eigenvalue weighted by Gasteiger charge is -2.42. The normalized spacial score (nSPS) is 23.3. The summed E-state index contributed by atoms with van der Waals surface area (Å²) < 4.78 is 11.7. The Kier molecular flexibility index (Phi) is 5.50. The molecule has 1 unspecified atom stereocenters. The molecule has 0 radical (unpaired) electrons. The number of aryl methyl sites for hydroxylation is 1. The fourth-order valence-electron chi connectivity index (χ4n) is 5.57. The van der Waals surface area contributed by atoms with Crippen LogP contribution >= 0.6 is 0 Å². The summed E-state index contributed by atoms with van der Waals surface area (Å²) in [7, 11) is 0. The lowest BCUT2D eigenvalue weighted by atomic mass is 9.73. The quantitative estimate of drug-likeness (QED) is 0.608. The number of anilines is 1. The molecule has 1 atom stereocenters. The fraction of sp³-hybridized carbons (Fsp3) is 0.429. The molecule has 0 saturated carbocycles. The molecule has 1 aromatic heterocycles. The van der Waals surface area contributed by atoms with Gasteiger partial charge in [0.15, 0.2) is 0 Å². The molecule has 1 spiro atoms. The highest BCUT2D eigenvalue weighted by atomic mass is 16.5. The molecular formula is C28H32N4O2. The van der Waals surface area contributed by atoms with Crippen LogP contribution in [0.5, 0.6) is 5.75 Å². The van der Waals surface area contributed by atoms with E-state index < -0.39 is 0 Å². The molecule has 6 nitrogen and oxygen atoms in total. The minimum Gasteiger partial charge on any atom is -0.487 e. The molecule has 1 N–H and O–H groups in total. The van der Waals surface area contributed by atoms with Gasteiger partial charge in [-0.05, 0) is 55.6 Å². The predicted octanol–water partition coefficient (Wildman–Crippen LogP) is 3.87.